The number of aryl methyl sites for hydroxylation is 2. The highest BCUT2D eigenvalue weighted by Gasteiger charge is 2.08. The second kappa shape index (κ2) is 3.31. The molecule has 15 heavy (non-hydrogen) atoms. The summed E-state index contributed by atoms with van der Waals surface area (Å²) in [5.41, 5.74) is 15.3. The zero-order valence-electron chi connectivity index (χ0n) is 8.86. The minimum Gasteiger partial charge on any atom is -0.394 e. The van der Waals surface area contributed by atoms with E-state index in [4.69, 9.17) is 11.5 Å². The Bertz CT molecular complexity index is 499. The predicted octanol–water partition coefficient (Wildman–Crippen LogP) is 1.65. The summed E-state index contributed by atoms with van der Waals surface area (Å²) in [6.45, 7) is 4.08. The van der Waals surface area contributed by atoms with Crippen molar-refractivity contribution in [2.75, 3.05) is 11.5 Å². The van der Waals surface area contributed by atoms with Crippen molar-refractivity contribution in [3.63, 3.8) is 0 Å². The van der Waals surface area contributed by atoms with Crippen molar-refractivity contribution in [2.45, 2.75) is 13.8 Å². The molecule has 1 aromatic heterocycles. The van der Waals surface area contributed by atoms with Gasteiger partial charge in [0.05, 0.1) is 17.6 Å². The van der Waals surface area contributed by atoms with E-state index in [0.717, 1.165) is 11.3 Å². The van der Waals surface area contributed by atoms with Crippen molar-refractivity contribution < 1.29 is 0 Å². The van der Waals surface area contributed by atoms with Gasteiger partial charge < -0.3 is 11.5 Å². The summed E-state index contributed by atoms with van der Waals surface area (Å²) >= 11 is 0. The number of hydrogen-bond acceptors (Lipinski definition) is 3. The van der Waals surface area contributed by atoms with E-state index in [-0.39, 0.29) is 0 Å². The number of nitrogens with zero attached hydrogens (tertiary/aromatic N) is 2. The van der Waals surface area contributed by atoms with E-state index in [1.165, 1.54) is 5.56 Å². The summed E-state index contributed by atoms with van der Waals surface area (Å²) in [6, 6.07) is 6.11. The lowest BCUT2D eigenvalue weighted by atomic mass is 10.1. The van der Waals surface area contributed by atoms with Crippen LogP contribution in [-0.2, 0) is 0 Å². The molecule has 0 spiro atoms. The van der Waals surface area contributed by atoms with Crippen LogP contribution >= 0.6 is 0 Å². The minimum atomic E-state index is 0.488. The van der Waals surface area contributed by atoms with Crippen molar-refractivity contribution in [1.82, 2.24) is 9.78 Å². The van der Waals surface area contributed by atoms with Crippen LogP contribution in [0.25, 0.3) is 5.69 Å². The lowest BCUT2D eigenvalue weighted by molar-refractivity contribution is 0.882. The highest BCUT2D eigenvalue weighted by Crippen LogP contribution is 2.21. The van der Waals surface area contributed by atoms with Gasteiger partial charge in [-0.1, -0.05) is 17.7 Å². The van der Waals surface area contributed by atoms with Crippen molar-refractivity contribution in [3.05, 3.63) is 35.5 Å². The number of aromatic nitrogens is 2. The molecule has 0 aliphatic heterocycles. The molecule has 2 rings (SSSR count). The highest BCUT2D eigenvalue weighted by atomic mass is 15.3. The van der Waals surface area contributed by atoms with E-state index in [2.05, 4.69) is 18.1 Å². The van der Waals surface area contributed by atoms with Crippen LogP contribution in [0.5, 0.6) is 0 Å². The standard InChI is InChI=1S/C11H14N4/c1-7-3-4-10(8(2)5-7)15-11(13)9(12)6-14-15/h3-6H,12-13H2,1-2H3. The van der Waals surface area contributed by atoms with Crippen molar-refractivity contribution in [3.8, 4) is 5.69 Å². The van der Waals surface area contributed by atoms with Crippen molar-refractivity contribution in [1.29, 1.82) is 0 Å². The third-order valence-corrected chi connectivity index (χ3v) is 2.42. The van der Waals surface area contributed by atoms with E-state index >= 15 is 0 Å². The lowest BCUT2D eigenvalue weighted by Crippen LogP contribution is -2.04. The van der Waals surface area contributed by atoms with E-state index in [9.17, 15) is 0 Å². The lowest BCUT2D eigenvalue weighted by Gasteiger charge is -2.08. The molecule has 0 bridgehead atoms. The molecule has 0 saturated carbocycles. The van der Waals surface area contributed by atoms with E-state index in [1.54, 1.807) is 10.9 Å². The molecule has 0 amide bonds. The number of benzene rings is 1. The summed E-state index contributed by atoms with van der Waals surface area (Å²) in [4.78, 5) is 0. The maximum atomic E-state index is 5.82. The molecule has 1 aromatic carbocycles. The summed E-state index contributed by atoms with van der Waals surface area (Å²) < 4.78 is 1.66. The Morgan fingerprint density at radius 3 is 2.47 bits per heavy atom. The molecule has 1 heterocycles. The number of nitrogens with two attached hydrogens (primary N) is 2. The van der Waals surface area contributed by atoms with E-state index < -0.39 is 0 Å². The first-order valence-corrected chi connectivity index (χ1v) is 4.76. The van der Waals surface area contributed by atoms with Gasteiger partial charge in [-0.2, -0.15) is 5.10 Å². The summed E-state index contributed by atoms with van der Waals surface area (Å²) in [7, 11) is 0. The molecule has 0 unspecified atom stereocenters. The zero-order chi connectivity index (χ0) is 11.0. The fourth-order valence-corrected chi connectivity index (χ4v) is 1.61. The van der Waals surface area contributed by atoms with Crippen LogP contribution in [0.4, 0.5) is 11.5 Å². The fourth-order valence-electron chi connectivity index (χ4n) is 1.61. The zero-order valence-corrected chi connectivity index (χ0v) is 8.86. The van der Waals surface area contributed by atoms with Crippen LogP contribution in [0.1, 0.15) is 11.1 Å². The van der Waals surface area contributed by atoms with Gasteiger partial charge in [0.25, 0.3) is 0 Å². The Morgan fingerprint density at radius 1 is 1.20 bits per heavy atom. The SMILES string of the molecule is Cc1ccc(-n2ncc(N)c2N)c(C)c1. The van der Waals surface area contributed by atoms with Crippen molar-refractivity contribution >= 4 is 11.5 Å². The maximum absolute atomic E-state index is 5.82. The molecule has 4 heteroatoms. The molecular weight excluding hydrogens is 188 g/mol. The normalized spacial score (nSPS) is 10.5. The van der Waals surface area contributed by atoms with Gasteiger partial charge in [-0.05, 0) is 25.5 Å². The molecule has 2 aromatic rings. The number of anilines is 2. The van der Waals surface area contributed by atoms with Gasteiger partial charge >= 0.3 is 0 Å². The quantitative estimate of drug-likeness (QED) is 0.738. The molecule has 0 aliphatic rings. The molecule has 0 fully saturated rings. The molecule has 0 aliphatic carbocycles. The predicted molar refractivity (Wildman–Crippen MR) is 61.9 cm³/mol. The molecule has 0 atom stereocenters. The summed E-state index contributed by atoms with van der Waals surface area (Å²) in [5.74, 6) is 0.488. The van der Waals surface area contributed by atoms with Gasteiger partial charge in [0.15, 0.2) is 0 Å². The smallest absolute Gasteiger partial charge is 0.150 e. The molecule has 4 N–H and O–H groups in total. The molecule has 78 valence electrons. The van der Waals surface area contributed by atoms with Gasteiger partial charge in [0.1, 0.15) is 5.82 Å². The monoisotopic (exact) mass is 202 g/mol. The Balaban J connectivity index is 2.59. The molecular formula is C11H14N4. The number of nitrogen functional groups attached to an aromatic ring is 2. The topological polar surface area (TPSA) is 69.9 Å². The van der Waals surface area contributed by atoms with Crippen LogP contribution in [-0.4, -0.2) is 9.78 Å². The van der Waals surface area contributed by atoms with E-state index in [0.29, 0.717) is 11.5 Å². The minimum absolute atomic E-state index is 0.488. The van der Waals surface area contributed by atoms with Crippen LogP contribution in [0, 0.1) is 13.8 Å². The molecule has 0 radical (unpaired) electrons. The second-order valence-corrected chi connectivity index (χ2v) is 3.69. The fraction of sp³-hybridized carbons (Fsp3) is 0.182. The van der Waals surface area contributed by atoms with Gasteiger partial charge in [-0.3, -0.25) is 0 Å². The van der Waals surface area contributed by atoms with Crippen LogP contribution < -0.4 is 11.5 Å². The first-order valence-electron chi connectivity index (χ1n) is 4.76. The Labute approximate surface area is 88.5 Å². The maximum Gasteiger partial charge on any atom is 0.150 e. The van der Waals surface area contributed by atoms with Crippen LogP contribution in [0.3, 0.4) is 0 Å². The highest BCUT2D eigenvalue weighted by molar-refractivity contribution is 5.61. The summed E-state index contributed by atoms with van der Waals surface area (Å²) in [6.07, 6.45) is 1.56. The third kappa shape index (κ3) is 1.54. The average molecular weight is 202 g/mol. The van der Waals surface area contributed by atoms with Gasteiger partial charge in [0, 0.05) is 0 Å². The Kier molecular flexibility index (Phi) is 2.11. The molecule has 0 saturated heterocycles. The Hall–Kier alpha value is -1.97. The summed E-state index contributed by atoms with van der Waals surface area (Å²) in [5, 5.41) is 4.14. The molecule has 4 nitrogen and oxygen atoms in total. The van der Waals surface area contributed by atoms with Crippen LogP contribution in [0.2, 0.25) is 0 Å². The third-order valence-electron chi connectivity index (χ3n) is 2.42. The first kappa shape index (κ1) is 9.58. The largest absolute Gasteiger partial charge is 0.394 e. The van der Waals surface area contributed by atoms with Gasteiger partial charge in [0.2, 0.25) is 0 Å². The second-order valence-electron chi connectivity index (χ2n) is 3.69. The number of rotatable bonds is 1. The van der Waals surface area contributed by atoms with Gasteiger partial charge in [-0.25, -0.2) is 4.68 Å². The average Bonchev–Trinajstić information content (AvgIpc) is 2.49. The van der Waals surface area contributed by atoms with Crippen LogP contribution in [0.15, 0.2) is 24.4 Å². The van der Waals surface area contributed by atoms with Gasteiger partial charge in [-0.15, -0.1) is 0 Å². The van der Waals surface area contributed by atoms with Crippen molar-refractivity contribution in [2.24, 2.45) is 0 Å². The Morgan fingerprint density at radius 2 is 1.93 bits per heavy atom. The number of hydrogen-bond donors (Lipinski definition) is 2. The van der Waals surface area contributed by atoms with E-state index in [1.807, 2.05) is 19.1 Å². The first-order chi connectivity index (χ1) is 7.09.